The van der Waals surface area contributed by atoms with E-state index in [0.29, 0.717) is 40.0 Å². The lowest BCUT2D eigenvalue weighted by Gasteiger charge is -2.63. The van der Waals surface area contributed by atoms with Gasteiger partial charge in [0.2, 0.25) is 0 Å². The van der Waals surface area contributed by atoms with Crippen LogP contribution in [0.1, 0.15) is 113 Å². The van der Waals surface area contributed by atoms with Crippen LogP contribution in [0.2, 0.25) is 0 Å². The quantitative estimate of drug-likeness (QED) is 0.375. The van der Waals surface area contributed by atoms with Gasteiger partial charge in [-0.1, -0.05) is 60.1 Å². The van der Waals surface area contributed by atoms with Crippen molar-refractivity contribution in [3.8, 4) is 0 Å². The molecule has 0 bridgehead atoms. The Balaban J connectivity index is 1.51. The summed E-state index contributed by atoms with van der Waals surface area (Å²) in [5, 5.41) is 0. The van der Waals surface area contributed by atoms with E-state index in [9.17, 15) is 4.79 Å². The van der Waals surface area contributed by atoms with Crippen LogP contribution in [0.25, 0.3) is 0 Å². The third-order valence-corrected chi connectivity index (χ3v) is 12.8. The van der Waals surface area contributed by atoms with Crippen LogP contribution in [-0.4, -0.2) is 19.0 Å². The van der Waals surface area contributed by atoms with Crippen molar-refractivity contribution in [3.05, 3.63) is 11.6 Å². The van der Waals surface area contributed by atoms with Crippen LogP contribution in [0.5, 0.6) is 0 Å². The predicted molar refractivity (Wildman–Crippen MR) is 136 cm³/mol. The van der Waals surface area contributed by atoms with Crippen LogP contribution in [0.4, 0.5) is 0 Å². The highest BCUT2D eigenvalue weighted by Crippen LogP contribution is 2.69. The molecule has 5 rings (SSSR count). The maximum atomic E-state index is 12.9. The molecule has 2 nitrogen and oxygen atoms in total. The van der Waals surface area contributed by atoms with E-state index in [0.717, 1.165) is 24.7 Å². The Morgan fingerprint density at radius 3 is 2.18 bits per heavy atom. The van der Waals surface area contributed by atoms with Crippen molar-refractivity contribution in [2.24, 2.45) is 50.7 Å². The maximum absolute atomic E-state index is 12.9. The van der Waals surface area contributed by atoms with E-state index < -0.39 is 0 Å². The summed E-state index contributed by atoms with van der Waals surface area (Å²) >= 11 is 0. The average molecular weight is 455 g/mol. The summed E-state index contributed by atoms with van der Waals surface area (Å²) in [4.78, 5) is 12.9. The molecule has 4 saturated carbocycles. The Labute approximate surface area is 203 Å². The molecule has 0 radical (unpaired) electrons. The van der Waals surface area contributed by atoms with E-state index in [1.807, 2.05) is 7.11 Å². The van der Waals surface area contributed by atoms with Gasteiger partial charge in [0.25, 0.3) is 0 Å². The SMILES string of the molecule is CO[C@H]1CC[C@]2(C)[C@H]3CC[C@H]4C(=C[C@]3(C)CC[C@H]2C1(C)C)CC[C@H]1C(C)(C)C(=O)CC[C@]41C. The summed E-state index contributed by atoms with van der Waals surface area (Å²) in [6.45, 7) is 17.3. The van der Waals surface area contributed by atoms with E-state index in [-0.39, 0.29) is 10.8 Å². The first-order valence-electron chi connectivity index (χ1n) is 14.1. The van der Waals surface area contributed by atoms with Crippen molar-refractivity contribution in [1.82, 2.24) is 0 Å². The third kappa shape index (κ3) is 3.17. The number of hydrogen-bond acceptors (Lipinski definition) is 2. The average Bonchev–Trinajstić information content (AvgIpc) is 2.88. The summed E-state index contributed by atoms with van der Waals surface area (Å²) in [7, 11) is 1.93. The van der Waals surface area contributed by atoms with E-state index in [1.165, 1.54) is 51.4 Å². The molecule has 33 heavy (non-hydrogen) atoms. The number of carbonyl (C=O) groups is 1. The fourth-order valence-electron chi connectivity index (χ4n) is 11.2. The van der Waals surface area contributed by atoms with Gasteiger partial charge in [-0.3, -0.25) is 4.79 Å². The molecule has 0 saturated heterocycles. The standard InChI is InChI=1S/C31H50O2/c1-27(2)22-11-9-20-19-29(5)16-13-23-28(3,4)26(33-8)15-18-31(23,7)24(29)12-10-21(20)30(22,6)17-14-25(27)32/h19,21-24,26H,9-18H2,1-8H3/t21-,22-,23-,24-,26-,29-,30+,31-/m0/s1. The van der Waals surface area contributed by atoms with Crippen LogP contribution in [0.15, 0.2) is 11.6 Å². The van der Waals surface area contributed by atoms with Gasteiger partial charge < -0.3 is 4.74 Å². The molecule has 0 unspecified atom stereocenters. The second-order valence-electron chi connectivity index (χ2n) is 14.8. The molecule has 0 heterocycles. The molecule has 0 spiro atoms. The first-order valence-corrected chi connectivity index (χ1v) is 14.1. The molecule has 5 aliphatic rings. The summed E-state index contributed by atoms with van der Waals surface area (Å²) in [5.74, 6) is 3.24. The third-order valence-electron chi connectivity index (χ3n) is 12.8. The number of rotatable bonds is 1. The van der Waals surface area contributed by atoms with Gasteiger partial charge in [-0.15, -0.1) is 0 Å². The summed E-state index contributed by atoms with van der Waals surface area (Å²) in [5.41, 5.74) is 2.89. The Morgan fingerprint density at radius 2 is 1.48 bits per heavy atom. The number of Topliss-reactive ketones (excluding diaryl/α,β-unsaturated/α-hetero) is 1. The zero-order valence-electron chi connectivity index (χ0n) is 22.9. The van der Waals surface area contributed by atoms with Crippen molar-refractivity contribution < 1.29 is 9.53 Å². The molecule has 2 heteroatoms. The van der Waals surface area contributed by atoms with E-state index in [4.69, 9.17) is 4.74 Å². The lowest BCUT2D eigenvalue weighted by atomic mass is 9.42. The van der Waals surface area contributed by atoms with Gasteiger partial charge >= 0.3 is 0 Å². The van der Waals surface area contributed by atoms with Crippen LogP contribution >= 0.6 is 0 Å². The maximum Gasteiger partial charge on any atom is 0.138 e. The van der Waals surface area contributed by atoms with Crippen LogP contribution in [0.3, 0.4) is 0 Å². The Bertz CT molecular complexity index is 851. The molecule has 0 N–H and O–H groups in total. The van der Waals surface area contributed by atoms with Crippen molar-refractivity contribution >= 4 is 5.78 Å². The van der Waals surface area contributed by atoms with Crippen molar-refractivity contribution in [3.63, 3.8) is 0 Å². The first-order chi connectivity index (χ1) is 15.3. The normalized spacial score (nSPS) is 50.7. The number of ether oxygens (including phenoxy) is 1. The van der Waals surface area contributed by atoms with Gasteiger partial charge in [0, 0.05) is 18.9 Å². The highest BCUT2D eigenvalue weighted by atomic mass is 16.5. The molecule has 8 atom stereocenters. The number of allylic oxidation sites excluding steroid dienone is 2. The zero-order valence-corrected chi connectivity index (χ0v) is 22.9. The minimum absolute atomic E-state index is 0.152. The first kappa shape index (κ1) is 24.1. The largest absolute Gasteiger partial charge is 0.381 e. The molecular formula is C31H50O2. The van der Waals surface area contributed by atoms with Crippen molar-refractivity contribution in [1.29, 1.82) is 0 Å². The molecular weight excluding hydrogens is 404 g/mol. The second kappa shape index (κ2) is 7.44. The van der Waals surface area contributed by atoms with Gasteiger partial charge in [0.1, 0.15) is 5.78 Å². The topological polar surface area (TPSA) is 26.3 Å². The summed E-state index contributed by atoms with van der Waals surface area (Å²) in [6.07, 6.45) is 15.4. The zero-order chi connectivity index (χ0) is 24.0. The minimum Gasteiger partial charge on any atom is -0.381 e. The number of methoxy groups -OCH3 is 1. The molecule has 5 aliphatic carbocycles. The molecule has 0 aromatic heterocycles. The van der Waals surface area contributed by atoms with Crippen molar-refractivity contribution in [2.45, 2.75) is 119 Å². The Morgan fingerprint density at radius 1 is 0.758 bits per heavy atom. The fraction of sp³-hybridized carbons (Fsp3) is 0.903. The smallest absolute Gasteiger partial charge is 0.138 e. The lowest BCUT2D eigenvalue weighted by Crippen LogP contribution is -2.58. The Hall–Kier alpha value is -0.630. The van der Waals surface area contributed by atoms with Gasteiger partial charge in [-0.05, 0) is 103 Å². The molecule has 4 fully saturated rings. The van der Waals surface area contributed by atoms with Crippen LogP contribution < -0.4 is 0 Å². The number of hydrogen-bond donors (Lipinski definition) is 0. The van der Waals surface area contributed by atoms with E-state index in [1.54, 1.807) is 5.57 Å². The van der Waals surface area contributed by atoms with Gasteiger partial charge in [0.05, 0.1) is 6.10 Å². The molecule has 0 aliphatic heterocycles. The number of ketones is 1. The van der Waals surface area contributed by atoms with Gasteiger partial charge in [-0.2, -0.15) is 0 Å². The molecule has 0 aromatic carbocycles. The highest BCUT2D eigenvalue weighted by molar-refractivity contribution is 5.85. The number of fused-ring (bicyclic) bond motifs is 6. The van der Waals surface area contributed by atoms with Gasteiger partial charge in [-0.25, -0.2) is 0 Å². The summed E-state index contributed by atoms with van der Waals surface area (Å²) in [6, 6.07) is 0. The Kier molecular flexibility index (Phi) is 5.43. The van der Waals surface area contributed by atoms with Gasteiger partial charge in [0.15, 0.2) is 0 Å². The second-order valence-corrected chi connectivity index (χ2v) is 14.8. The minimum atomic E-state index is -0.152. The lowest BCUT2D eigenvalue weighted by molar-refractivity contribution is -0.171. The summed E-state index contributed by atoms with van der Waals surface area (Å²) < 4.78 is 6.02. The molecule has 0 amide bonds. The monoisotopic (exact) mass is 454 g/mol. The van der Waals surface area contributed by atoms with Crippen molar-refractivity contribution in [2.75, 3.05) is 7.11 Å². The molecule has 0 aromatic rings. The number of carbonyl (C=O) groups excluding carboxylic acids is 1. The highest BCUT2D eigenvalue weighted by Gasteiger charge is 2.62. The van der Waals surface area contributed by atoms with E-state index in [2.05, 4.69) is 54.5 Å². The van der Waals surface area contributed by atoms with Crippen LogP contribution in [-0.2, 0) is 9.53 Å². The van der Waals surface area contributed by atoms with Crippen LogP contribution in [0, 0.1) is 50.7 Å². The molecule has 186 valence electrons. The predicted octanol–water partition coefficient (Wildman–Crippen LogP) is 8.00. The fourth-order valence-corrected chi connectivity index (χ4v) is 11.2. The van der Waals surface area contributed by atoms with E-state index >= 15 is 0 Å².